The zero-order valence-corrected chi connectivity index (χ0v) is 22.3. The molecule has 1 atom stereocenters. The number of amides is 1. The Hall–Kier alpha value is -3.39. The van der Waals surface area contributed by atoms with Crippen LogP contribution in [-0.4, -0.2) is 24.3 Å². The second-order valence-electron chi connectivity index (χ2n) is 10.3. The average Bonchev–Trinajstić information content (AvgIpc) is 3.05. The predicted octanol–water partition coefficient (Wildman–Crippen LogP) is 4.84. The number of aryl methyl sites for hydroxylation is 1. The van der Waals surface area contributed by atoms with Crippen molar-refractivity contribution in [3.63, 3.8) is 0 Å². The van der Waals surface area contributed by atoms with Crippen molar-refractivity contribution in [2.75, 3.05) is 16.8 Å². The molecule has 0 radical (unpaired) electrons. The molecular weight excluding hydrogens is 522 g/mol. The van der Waals surface area contributed by atoms with Crippen LogP contribution in [-0.2, 0) is 24.5 Å². The van der Waals surface area contributed by atoms with Gasteiger partial charge in [0.2, 0.25) is 5.91 Å². The zero-order chi connectivity index (χ0) is 26.0. The summed E-state index contributed by atoms with van der Waals surface area (Å²) in [4.78, 5) is 43.5. The highest BCUT2D eigenvalue weighted by Gasteiger charge is 2.63. The third-order valence-electron chi connectivity index (χ3n) is 7.18. The predicted molar refractivity (Wildman–Crippen MR) is 141 cm³/mol. The van der Waals surface area contributed by atoms with Gasteiger partial charge in [-0.1, -0.05) is 48.0 Å². The molecule has 36 heavy (non-hydrogen) atoms. The fourth-order valence-corrected chi connectivity index (χ4v) is 6.16. The molecule has 1 amide bonds. The molecule has 2 aliphatic heterocycles. The number of hydrogen-bond acceptors (Lipinski definition) is 6. The quantitative estimate of drug-likeness (QED) is 0.531. The molecule has 0 saturated carbocycles. The van der Waals surface area contributed by atoms with Crippen molar-refractivity contribution < 1.29 is 19.1 Å². The van der Waals surface area contributed by atoms with E-state index in [1.165, 1.54) is 0 Å². The van der Waals surface area contributed by atoms with Crippen molar-refractivity contribution >= 4 is 45.0 Å². The summed E-state index contributed by atoms with van der Waals surface area (Å²) < 4.78 is 6.19. The van der Waals surface area contributed by atoms with Gasteiger partial charge in [-0.2, -0.15) is 0 Å². The summed E-state index contributed by atoms with van der Waals surface area (Å²) in [5.74, 6) is -1.29. The lowest BCUT2D eigenvalue weighted by molar-refractivity contribution is -0.140. The number of allylic oxidation sites excluding steroid dienone is 1. The molecule has 186 valence electrons. The van der Waals surface area contributed by atoms with E-state index in [0.717, 1.165) is 11.3 Å². The SMILES string of the molecule is CCOC(=O)C1=C(N)N(c2ccccc2C)C2=C(C(=O)CC(C)(C)C2)C12C(=O)Nc1ccc(Br)cc12. The van der Waals surface area contributed by atoms with Gasteiger partial charge in [-0.15, -0.1) is 0 Å². The van der Waals surface area contributed by atoms with Crippen LogP contribution in [0.1, 0.15) is 44.7 Å². The zero-order valence-electron chi connectivity index (χ0n) is 20.7. The van der Waals surface area contributed by atoms with Crippen LogP contribution in [0.2, 0.25) is 0 Å². The fourth-order valence-electron chi connectivity index (χ4n) is 5.80. The summed E-state index contributed by atoms with van der Waals surface area (Å²) in [6.07, 6.45) is 0.736. The van der Waals surface area contributed by atoms with Crippen molar-refractivity contribution in [2.24, 2.45) is 11.1 Å². The first-order valence-corrected chi connectivity index (χ1v) is 12.7. The van der Waals surface area contributed by atoms with Gasteiger partial charge in [-0.3, -0.25) is 14.5 Å². The molecule has 1 spiro atoms. The number of ketones is 1. The third-order valence-corrected chi connectivity index (χ3v) is 7.67. The first-order valence-electron chi connectivity index (χ1n) is 11.9. The number of halogens is 1. The third kappa shape index (κ3) is 3.34. The van der Waals surface area contributed by atoms with E-state index < -0.39 is 17.3 Å². The van der Waals surface area contributed by atoms with Crippen LogP contribution in [0.5, 0.6) is 0 Å². The van der Waals surface area contributed by atoms with Gasteiger partial charge in [0.05, 0.1) is 12.3 Å². The minimum atomic E-state index is -1.71. The van der Waals surface area contributed by atoms with Gasteiger partial charge in [-0.05, 0) is 55.5 Å². The van der Waals surface area contributed by atoms with E-state index in [1.807, 2.05) is 45.0 Å². The standard InChI is InChI=1S/C28H28BrN3O4/c1-5-36-25(34)23-24(30)32(19-9-7-6-8-15(19)2)20-13-27(3,4)14-21(33)22(20)28(23)17-12-16(29)10-11-18(17)31-26(28)35/h6-12H,5,13-14,30H2,1-4H3,(H,31,35). The summed E-state index contributed by atoms with van der Waals surface area (Å²) in [6.45, 7) is 7.79. The molecule has 7 nitrogen and oxygen atoms in total. The topological polar surface area (TPSA) is 102 Å². The maximum Gasteiger partial charge on any atom is 0.339 e. The van der Waals surface area contributed by atoms with E-state index in [1.54, 1.807) is 30.0 Å². The van der Waals surface area contributed by atoms with E-state index in [-0.39, 0.29) is 41.2 Å². The van der Waals surface area contributed by atoms with Gasteiger partial charge < -0.3 is 15.8 Å². The number of rotatable bonds is 3. The van der Waals surface area contributed by atoms with E-state index in [0.29, 0.717) is 27.8 Å². The van der Waals surface area contributed by atoms with Crippen LogP contribution in [0.25, 0.3) is 0 Å². The molecule has 2 aromatic carbocycles. The van der Waals surface area contributed by atoms with Gasteiger partial charge in [0.15, 0.2) is 5.78 Å². The van der Waals surface area contributed by atoms with E-state index in [2.05, 4.69) is 21.2 Å². The van der Waals surface area contributed by atoms with Crippen molar-refractivity contribution in [1.29, 1.82) is 0 Å². The van der Waals surface area contributed by atoms with Crippen molar-refractivity contribution in [1.82, 2.24) is 0 Å². The molecule has 3 aliphatic rings. The molecule has 3 N–H and O–H groups in total. The highest BCUT2D eigenvalue weighted by atomic mass is 79.9. The molecule has 5 rings (SSSR count). The Kier molecular flexibility index (Phi) is 5.63. The lowest BCUT2D eigenvalue weighted by Crippen LogP contribution is -2.54. The van der Waals surface area contributed by atoms with Crippen molar-refractivity contribution in [3.05, 3.63) is 80.7 Å². The first kappa shape index (κ1) is 24.3. The van der Waals surface area contributed by atoms with Crippen LogP contribution in [0.15, 0.2) is 69.6 Å². The Labute approximate surface area is 218 Å². The second kappa shape index (κ2) is 8.34. The normalized spacial score (nSPS) is 22.5. The number of carbonyl (C=O) groups excluding carboxylic acids is 3. The van der Waals surface area contributed by atoms with Gasteiger partial charge >= 0.3 is 5.97 Å². The van der Waals surface area contributed by atoms with Crippen LogP contribution in [0.3, 0.4) is 0 Å². The number of para-hydroxylation sites is 1. The lowest BCUT2D eigenvalue weighted by atomic mass is 9.60. The number of nitrogens with two attached hydrogens (primary N) is 1. The summed E-state index contributed by atoms with van der Waals surface area (Å²) in [6, 6.07) is 13.0. The maximum absolute atomic E-state index is 14.0. The number of nitrogens with zero attached hydrogens (tertiary/aromatic N) is 1. The Morgan fingerprint density at radius 3 is 2.58 bits per heavy atom. The number of anilines is 2. The van der Waals surface area contributed by atoms with Crippen LogP contribution < -0.4 is 16.0 Å². The van der Waals surface area contributed by atoms with Crippen molar-refractivity contribution in [3.8, 4) is 0 Å². The number of benzene rings is 2. The molecule has 0 saturated heterocycles. The van der Waals surface area contributed by atoms with Crippen LogP contribution in [0.4, 0.5) is 11.4 Å². The number of esters is 1. The van der Waals surface area contributed by atoms with Crippen LogP contribution in [0, 0.1) is 12.3 Å². The second-order valence-corrected chi connectivity index (χ2v) is 11.2. The monoisotopic (exact) mass is 549 g/mol. The van der Waals surface area contributed by atoms with E-state index in [4.69, 9.17) is 10.5 Å². The number of hydrogen-bond donors (Lipinski definition) is 2. The number of nitrogens with one attached hydrogen (secondary N) is 1. The molecular formula is C28H28BrN3O4. The summed E-state index contributed by atoms with van der Waals surface area (Å²) in [5.41, 5.74) is 8.40. The van der Waals surface area contributed by atoms with Gasteiger partial charge in [-0.25, -0.2) is 4.79 Å². The van der Waals surface area contributed by atoms with Crippen molar-refractivity contribution in [2.45, 2.75) is 46.0 Å². The Morgan fingerprint density at radius 2 is 1.89 bits per heavy atom. The Balaban J connectivity index is 1.95. The minimum Gasteiger partial charge on any atom is -0.462 e. The molecule has 8 heteroatoms. The summed E-state index contributed by atoms with van der Waals surface area (Å²) in [5, 5.41) is 2.91. The maximum atomic E-state index is 14.0. The fraction of sp³-hybridized carbons (Fsp3) is 0.321. The Morgan fingerprint density at radius 1 is 1.17 bits per heavy atom. The first-order chi connectivity index (χ1) is 17.0. The van der Waals surface area contributed by atoms with Gasteiger partial charge in [0.1, 0.15) is 16.8 Å². The largest absolute Gasteiger partial charge is 0.462 e. The molecule has 2 aromatic rings. The Bertz CT molecular complexity index is 1410. The molecule has 2 heterocycles. The van der Waals surface area contributed by atoms with Gasteiger partial charge in [0.25, 0.3) is 0 Å². The van der Waals surface area contributed by atoms with E-state index >= 15 is 0 Å². The lowest BCUT2D eigenvalue weighted by Gasteiger charge is -2.47. The molecule has 1 aliphatic carbocycles. The smallest absolute Gasteiger partial charge is 0.339 e. The summed E-state index contributed by atoms with van der Waals surface area (Å²) in [7, 11) is 0. The van der Waals surface area contributed by atoms with Crippen LogP contribution >= 0.6 is 15.9 Å². The molecule has 0 fully saturated rings. The molecule has 1 unspecified atom stereocenters. The number of ether oxygens (including phenoxy) is 1. The molecule has 0 aromatic heterocycles. The number of carbonyl (C=O) groups is 3. The number of fused-ring (bicyclic) bond motifs is 3. The highest BCUT2D eigenvalue weighted by molar-refractivity contribution is 9.10. The minimum absolute atomic E-state index is 0.0336. The number of Topliss-reactive ketones (excluding diaryl/α,β-unsaturated/α-hetero) is 1. The summed E-state index contributed by atoms with van der Waals surface area (Å²) >= 11 is 3.50. The van der Waals surface area contributed by atoms with Gasteiger partial charge in [0, 0.05) is 33.4 Å². The average molecular weight is 550 g/mol. The van der Waals surface area contributed by atoms with E-state index in [9.17, 15) is 14.4 Å². The molecule has 0 bridgehead atoms. The highest BCUT2D eigenvalue weighted by Crippen LogP contribution is 2.57.